The van der Waals surface area contributed by atoms with Gasteiger partial charge in [-0.1, -0.05) is 6.58 Å². The standard InChI is InChI=1S/C9H15N3/c1-8-6-11-12(7-8)5-3-4-9(2)10/h6-7H,2-5,10H2,1H3. The molecule has 12 heavy (non-hydrogen) atoms. The van der Waals surface area contributed by atoms with Crippen molar-refractivity contribution in [3.63, 3.8) is 0 Å². The van der Waals surface area contributed by atoms with Crippen LogP contribution in [0.15, 0.2) is 24.7 Å². The van der Waals surface area contributed by atoms with Gasteiger partial charge in [-0.25, -0.2) is 0 Å². The fourth-order valence-electron chi connectivity index (χ4n) is 1.06. The molecule has 0 amide bonds. The van der Waals surface area contributed by atoms with Crippen molar-refractivity contribution >= 4 is 0 Å². The highest BCUT2D eigenvalue weighted by atomic mass is 15.3. The van der Waals surface area contributed by atoms with Crippen LogP contribution in [0.1, 0.15) is 18.4 Å². The van der Waals surface area contributed by atoms with Crippen LogP contribution in [0.3, 0.4) is 0 Å². The van der Waals surface area contributed by atoms with Gasteiger partial charge in [0.2, 0.25) is 0 Å². The predicted octanol–water partition coefficient (Wildman–Crippen LogP) is 1.44. The van der Waals surface area contributed by atoms with Gasteiger partial charge < -0.3 is 5.73 Å². The molecule has 0 aliphatic carbocycles. The van der Waals surface area contributed by atoms with Crippen molar-refractivity contribution in [2.24, 2.45) is 5.73 Å². The summed E-state index contributed by atoms with van der Waals surface area (Å²) >= 11 is 0. The average Bonchev–Trinajstić information content (AvgIpc) is 2.35. The summed E-state index contributed by atoms with van der Waals surface area (Å²) in [6.45, 7) is 6.59. The van der Waals surface area contributed by atoms with Crippen LogP contribution in [-0.2, 0) is 6.54 Å². The van der Waals surface area contributed by atoms with E-state index in [0.717, 1.165) is 25.1 Å². The maximum absolute atomic E-state index is 5.44. The van der Waals surface area contributed by atoms with Gasteiger partial charge >= 0.3 is 0 Å². The Labute approximate surface area is 72.9 Å². The Hall–Kier alpha value is -1.25. The zero-order chi connectivity index (χ0) is 8.97. The second-order valence-electron chi connectivity index (χ2n) is 3.04. The Morgan fingerprint density at radius 3 is 3.00 bits per heavy atom. The zero-order valence-electron chi connectivity index (χ0n) is 7.45. The van der Waals surface area contributed by atoms with Gasteiger partial charge in [0.05, 0.1) is 6.20 Å². The topological polar surface area (TPSA) is 43.8 Å². The van der Waals surface area contributed by atoms with Crippen molar-refractivity contribution in [2.45, 2.75) is 26.3 Å². The number of rotatable bonds is 4. The number of hydrogen-bond donors (Lipinski definition) is 1. The molecular formula is C9H15N3. The van der Waals surface area contributed by atoms with E-state index < -0.39 is 0 Å². The smallest absolute Gasteiger partial charge is 0.0518 e. The number of nitrogens with two attached hydrogens (primary N) is 1. The minimum Gasteiger partial charge on any atom is -0.403 e. The number of nitrogens with zero attached hydrogens (tertiary/aromatic N) is 2. The Bertz CT molecular complexity index is 262. The van der Waals surface area contributed by atoms with E-state index in [9.17, 15) is 0 Å². The van der Waals surface area contributed by atoms with Crippen molar-refractivity contribution < 1.29 is 0 Å². The van der Waals surface area contributed by atoms with Gasteiger partial charge in [-0.3, -0.25) is 4.68 Å². The molecule has 1 heterocycles. The number of aryl methyl sites for hydroxylation is 2. The lowest BCUT2D eigenvalue weighted by molar-refractivity contribution is 0.576. The van der Waals surface area contributed by atoms with Crippen LogP contribution in [0.5, 0.6) is 0 Å². The van der Waals surface area contributed by atoms with E-state index in [2.05, 4.69) is 11.7 Å². The summed E-state index contributed by atoms with van der Waals surface area (Å²) in [6, 6.07) is 0. The van der Waals surface area contributed by atoms with Crippen LogP contribution < -0.4 is 5.73 Å². The second kappa shape index (κ2) is 3.95. The third-order valence-electron chi connectivity index (χ3n) is 1.65. The van der Waals surface area contributed by atoms with Gasteiger partial charge in [0.1, 0.15) is 0 Å². The van der Waals surface area contributed by atoms with Crippen molar-refractivity contribution in [1.29, 1.82) is 0 Å². The molecule has 1 rings (SSSR count). The fourth-order valence-corrected chi connectivity index (χ4v) is 1.06. The first kappa shape index (κ1) is 8.84. The summed E-state index contributed by atoms with van der Waals surface area (Å²) in [5, 5.41) is 4.16. The normalized spacial score (nSPS) is 10.1. The highest BCUT2D eigenvalue weighted by Crippen LogP contribution is 2.00. The van der Waals surface area contributed by atoms with E-state index in [-0.39, 0.29) is 0 Å². The lowest BCUT2D eigenvalue weighted by atomic mass is 10.2. The summed E-state index contributed by atoms with van der Waals surface area (Å²) in [7, 11) is 0. The van der Waals surface area contributed by atoms with Crippen molar-refractivity contribution in [2.75, 3.05) is 0 Å². The molecule has 0 unspecified atom stereocenters. The average molecular weight is 165 g/mol. The molecule has 0 radical (unpaired) electrons. The lowest BCUT2D eigenvalue weighted by Crippen LogP contribution is -2.01. The van der Waals surface area contributed by atoms with Crippen molar-refractivity contribution in [1.82, 2.24) is 9.78 Å². The van der Waals surface area contributed by atoms with E-state index >= 15 is 0 Å². The first-order valence-corrected chi connectivity index (χ1v) is 4.11. The van der Waals surface area contributed by atoms with Gasteiger partial charge in [-0.15, -0.1) is 0 Å². The predicted molar refractivity (Wildman–Crippen MR) is 49.5 cm³/mol. The molecule has 1 aromatic rings. The van der Waals surface area contributed by atoms with Gasteiger partial charge in [-0.05, 0) is 25.3 Å². The first-order valence-electron chi connectivity index (χ1n) is 4.11. The minimum absolute atomic E-state index is 0.749. The molecule has 3 nitrogen and oxygen atoms in total. The summed E-state index contributed by atoms with van der Waals surface area (Å²) in [5.74, 6) is 0. The molecule has 0 atom stereocenters. The molecule has 0 aliphatic heterocycles. The molecule has 66 valence electrons. The first-order chi connectivity index (χ1) is 5.68. The maximum atomic E-state index is 5.44. The van der Waals surface area contributed by atoms with Gasteiger partial charge in [-0.2, -0.15) is 5.10 Å². The van der Waals surface area contributed by atoms with Crippen LogP contribution in [0, 0.1) is 6.92 Å². The van der Waals surface area contributed by atoms with Crippen LogP contribution in [0.2, 0.25) is 0 Å². The van der Waals surface area contributed by atoms with Crippen LogP contribution in [-0.4, -0.2) is 9.78 Å². The SMILES string of the molecule is C=C(N)CCCn1cc(C)cn1. The molecule has 3 heteroatoms. The maximum Gasteiger partial charge on any atom is 0.0518 e. The molecule has 0 fully saturated rings. The molecule has 2 N–H and O–H groups in total. The van der Waals surface area contributed by atoms with E-state index in [1.54, 1.807) is 0 Å². The molecule has 0 aliphatic rings. The quantitative estimate of drug-likeness (QED) is 0.733. The van der Waals surface area contributed by atoms with Gasteiger partial charge in [0.25, 0.3) is 0 Å². The highest BCUT2D eigenvalue weighted by molar-refractivity contribution is 4.99. The molecule has 0 aromatic carbocycles. The number of allylic oxidation sites excluding steroid dienone is 1. The summed E-state index contributed by atoms with van der Waals surface area (Å²) in [6.07, 6.45) is 5.77. The monoisotopic (exact) mass is 165 g/mol. The highest BCUT2D eigenvalue weighted by Gasteiger charge is 1.93. The third-order valence-corrected chi connectivity index (χ3v) is 1.65. The van der Waals surface area contributed by atoms with E-state index in [1.165, 1.54) is 5.56 Å². The Morgan fingerprint density at radius 2 is 2.50 bits per heavy atom. The zero-order valence-corrected chi connectivity index (χ0v) is 7.45. The van der Waals surface area contributed by atoms with Gasteiger partial charge in [0.15, 0.2) is 0 Å². The summed E-state index contributed by atoms with van der Waals surface area (Å²) in [4.78, 5) is 0. The Balaban J connectivity index is 2.29. The van der Waals surface area contributed by atoms with Crippen LogP contribution >= 0.6 is 0 Å². The van der Waals surface area contributed by atoms with Gasteiger partial charge in [0, 0.05) is 18.4 Å². The van der Waals surface area contributed by atoms with E-state index in [4.69, 9.17) is 5.73 Å². The largest absolute Gasteiger partial charge is 0.403 e. The molecule has 1 aromatic heterocycles. The molecular weight excluding hydrogens is 150 g/mol. The molecule has 0 saturated heterocycles. The lowest BCUT2D eigenvalue weighted by Gasteiger charge is -2.00. The third kappa shape index (κ3) is 2.78. The molecule has 0 spiro atoms. The number of aromatic nitrogens is 2. The van der Waals surface area contributed by atoms with Crippen molar-refractivity contribution in [3.05, 3.63) is 30.2 Å². The number of hydrogen-bond acceptors (Lipinski definition) is 2. The Morgan fingerprint density at radius 1 is 1.75 bits per heavy atom. The van der Waals surface area contributed by atoms with E-state index in [1.807, 2.05) is 24.0 Å². The minimum atomic E-state index is 0.749. The fraction of sp³-hybridized carbons (Fsp3) is 0.444. The van der Waals surface area contributed by atoms with Crippen molar-refractivity contribution in [3.8, 4) is 0 Å². The second-order valence-corrected chi connectivity index (χ2v) is 3.04. The van der Waals surface area contributed by atoms with Crippen LogP contribution in [0.25, 0.3) is 0 Å². The molecule has 0 bridgehead atoms. The van der Waals surface area contributed by atoms with E-state index in [0.29, 0.717) is 0 Å². The molecule has 0 saturated carbocycles. The Kier molecular flexibility index (Phi) is 2.91. The van der Waals surface area contributed by atoms with Crippen LogP contribution in [0.4, 0.5) is 0 Å². The summed E-state index contributed by atoms with van der Waals surface area (Å²) in [5.41, 5.74) is 7.38. The summed E-state index contributed by atoms with van der Waals surface area (Å²) < 4.78 is 1.93.